The topological polar surface area (TPSA) is 113 Å². The molecule has 1 aliphatic carbocycles. The fourth-order valence-corrected chi connectivity index (χ4v) is 2.22. The van der Waals surface area contributed by atoms with Crippen molar-refractivity contribution in [3.8, 4) is 0 Å². The van der Waals surface area contributed by atoms with Gasteiger partial charge < -0.3 is 21.3 Å². The highest BCUT2D eigenvalue weighted by molar-refractivity contribution is 5.81. The first-order valence-electron chi connectivity index (χ1n) is 5.93. The van der Waals surface area contributed by atoms with Crippen molar-refractivity contribution in [1.82, 2.24) is 5.32 Å². The number of nitrogens with one attached hydrogen (secondary N) is 1. The zero-order chi connectivity index (χ0) is 12.8. The number of carboxylic acid groups (broad SMARTS) is 1. The minimum atomic E-state index is -0.929. The lowest BCUT2D eigenvalue weighted by atomic mass is 9.79. The van der Waals surface area contributed by atoms with Gasteiger partial charge in [-0.2, -0.15) is 0 Å². The van der Waals surface area contributed by atoms with Crippen LogP contribution in [-0.2, 0) is 9.59 Å². The second-order valence-electron chi connectivity index (χ2n) is 4.52. The van der Waals surface area contributed by atoms with Crippen molar-refractivity contribution >= 4 is 11.9 Å². The number of amides is 1. The van der Waals surface area contributed by atoms with E-state index in [1.165, 1.54) is 0 Å². The first-order chi connectivity index (χ1) is 8.06. The van der Waals surface area contributed by atoms with Crippen LogP contribution in [-0.4, -0.2) is 41.3 Å². The Kier molecular flexibility index (Phi) is 5.37. The van der Waals surface area contributed by atoms with E-state index in [1.54, 1.807) is 0 Å². The zero-order valence-corrected chi connectivity index (χ0v) is 9.76. The molecule has 6 nitrogen and oxygen atoms in total. The molecule has 0 saturated heterocycles. The van der Waals surface area contributed by atoms with Gasteiger partial charge in [-0.3, -0.25) is 9.59 Å². The molecule has 1 amide bonds. The van der Waals surface area contributed by atoms with Crippen LogP contribution in [0.15, 0.2) is 0 Å². The zero-order valence-electron chi connectivity index (χ0n) is 9.76. The van der Waals surface area contributed by atoms with Gasteiger partial charge in [-0.05, 0) is 18.8 Å². The smallest absolute Gasteiger partial charge is 0.306 e. The summed E-state index contributed by atoms with van der Waals surface area (Å²) in [5.74, 6) is -1.64. The molecule has 6 heteroatoms. The lowest BCUT2D eigenvalue weighted by molar-refractivity contribution is -0.145. The third kappa shape index (κ3) is 3.98. The Balaban J connectivity index is 2.43. The number of carbonyl (C=O) groups excluding carboxylic acids is 1. The molecule has 98 valence electrons. The van der Waals surface area contributed by atoms with Gasteiger partial charge in [0.15, 0.2) is 0 Å². The molecule has 0 aromatic carbocycles. The summed E-state index contributed by atoms with van der Waals surface area (Å²) >= 11 is 0. The van der Waals surface area contributed by atoms with Crippen LogP contribution >= 0.6 is 0 Å². The average molecular weight is 244 g/mol. The van der Waals surface area contributed by atoms with Crippen molar-refractivity contribution in [2.24, 2.45) is 17.6 Å². The van der Waals surface area contributed by atoms with Crippen molar-refractivity contribution in [2.75, 3.05) is 13.2 Å². The van der Waals surface area contributed by atoms with Gasteiger partial charge in [0.05, 0.1) is 12.5 Å². The Hall–Kier alpha value is -1.14. The standard InChI is InChI=1S/C11H20N2O4/c12-9(6-14)10(15)13-5-7-3-1-2-4-8(7)11(16)17/h7-9,14H,1-6,12H2,(H,13,15)(H,16,17). The van der Waals surface area contributed by atoms with E-state index in [1.807, 2.05) is 0 Å². The van der Waals surface area contributed by atoms with Crippen LogP contribution in [0.4, 0.5) is 0 Å². The number of aliphatic hydroxyl groups excluding tert-OH is 1. The quantitative estimate of drug-likeness (QED) is 0.511. The van der Waals surface area contributed by atoms with Crippen LogP contribution in [0.1, 0.15) is 25.7 Å². The largest absolute Gasteiger partial charge is 0.481 e. The molecule has 1 saturated carbocycles. The van der Waals surface area contributed by atoms with E-state index in [0.29, 0.717) is 13.0 Å². The molecule has 1 rings (SSSR count). The van der Waals surface area contributed by atoms with Gasteiger partial charge in [-0.25, -0.2) is 0 Å². The second kappa shape index (κ2) is 6.56. The fraction of sp³-hybridized carbons (Fsp3) is 0.818. The molecule has 0 aromatic heterocycles. The van der Waals surface area contributed by atoms with Gasteiger partial charge >= 0.3 is 5.97 Å². The highest BCUT2D eigenvalue weighted by Crippen LogP contribution is 2.29. The average Bonchev–Trinajstić information content (AvgIpc) is 2.35. The predicted octanol–water partition coefficient (Wildman–Crippen LogP) is -0.687. The molecule has 0 aromatic rings. The van der Waals surface area contributed by atoms with Gasteiger partial charge in [-0.1, -0.05) is 12.8 Å². The Bertz CT molecular complexity index is 283. The second-order valence-corrected chi connectivity index (χ2v) is 4.52. The third-order valence-corrected chi connectivity index (χ3v) is 3.30. The number of rotatable bonds is 5. The monoisotopic (exact) mass is 244 g/mol. The van der Waals surface area contributed by atoms with Gasteiger partial charge in [0.25, 0.3) is 0 Å². The molecule has 5 N–H and O–H groups in total. The van der Waals surface area contributed by atoms with Crippen LogP contribution < -0.4 is 11.1 Å². The summed E-state index contributed by atoms with van der Waals surface area (Å²) in [6.07, 6.45) is 3.40. The maximum Gasteiger partial charge on any atom is 0.306 e. The molecular weight excluding hydrogens is 224 g/mol. The van der Waals surface area contributed by atoms with Gasteiger partial charge in [0.2, 0.25) is 5.91 Å². The molecular formula is C11H20N2O4. The van der Waals surface area contributed by atoms with Crippen LogP contribution in [0, 0.1) is 11.8 Å². The Morgan fingerprint density at radius 3 is 2.59 bits per heavy atom. The van der Waals surface area contributed by atoms with E-state index in [-0.39, 0.29) is 11.8 Å². The molecule has 0 spiro atoms. The van der Waals surface area contributed by atoms with E-state index in [0.717, 1.165) is 19.3 Å². The van der Waals surface area contributed by atoms with Gasteiger partial charge in [-0.15, -0.1) is 0 Å². The van der Waals surface area contributed by atoms with Crippen LogP contribution in [0.3, 0.4) is 0 Å². The van der Waals surface area contributed by atoms with E-state index in [4.69, 9.17) is 15.9 Å². The lowest BCUT2D eigenvalue weighted by Gasteiger charge is -2.28. The predicted molar refractivity (Wildman–Crippen MR) is 61.2 cm³/mol. The van der Waals surface area contributed by atoms with Gasteiger partial charge in [0, 0.05) is 6.54 Å². The molecule has 17 heavy (non-hydrogen) atoms. The maximum absolute atomic E-state index is 11.3. The fourth-order valence-electron chi connectivity index (χ4n) is 2.22. The molecule has 0 aliphatic heterocycles. The normalized spacial score (nSPS) is 26.2. The molecule has 0 radical (unpaired) electrons. The summed E-state index contributed by atoms with van der Waals surface area (Å²) < 4.78 is 0. The molecule has 0 bridgehead atoms. The highest BCUT2D eigenvalue weighted by Gasteiger charge is 2.31. The minimum Gasteiger partial charge on any atom is -0.481 e. The van der Waals surface area contributed by atoms with Crippen molar-refractivity contribution in [1.29, 1.82) is 0 Å². The van der Waals surface area contributed by atoms with Crippen LogP contribution in [0.5, 0.6) is 0 Å². The number of aliphatic hydroxyl groups is 1. The third-order valence-electron chi connectivity index (χ3n) is 3.30. The Morgan fingerprint density at radius 1 is 1.35 bits per heavy atom. The van der Waals surface area contributed by atoms with Crippen molar-refractivity contribution < 1.29 is 19.8 Å². The number of hydrogen-bond donors (Lipinski definition) is 4. The number of nitrogens with two attached hydrogens (primary N) is 1. The SMILES string of the molecule is NC(CO)C(=O)NCC1CCCCC1C(=O)O. The van der Waals surface area contributed by atoms with E-state index >= 15 is 0 Å². The summed E-state index contributed by atoms with van der Waals surface area (Å²) in [6.45, 7) is -0.0810. The lowest BCUT2D eigenvalue weighted by Crippen LogP contribution is -2.46. The molecule has 1 aliphatic rings. The maximum atomic E-state index is 11.3. The summed E-state index contributed by atoms with van der Waals surface area (Å²) in [4.78, 5) is 22.4. The number of carbonyl (C=O) groups is 2. The first kappa shape index (κ1) is 13.9. The molecule has 1 fully saturated rings. The van der Waals surface area contributed by atoms with Crippen LogP contribution in [0.25, 0.3) is 0 Å². The van der Waals surface area contributed by atoms with E-state index in [2.05, 4.69) is 5.32 Å². The summed E-state index contributed by atoms with van der Waals surface area (Å²) in [5, 5.41) is 20.4. The highest BCUT2D eigenvalue weighted by atomic mass is 16.4. The van der Waals surface area contributed by atoms with Gasteiger partial charge in [0.1, 0.15) is 6.04 Å². The summed E-state index contributed by atoms with van der Waals surface area (Å²) in [5.41, 5.74) is 5.35. The number of hydrogen-bond acceptors (Lipinski definition) is 4. The van der Waals surface area contributed by atoms with Crippen molar-refractivity contribution in [3.63, 3.8) is 0 Å². The number of aliphatic carboxylic acids is 1. The van der Waals surface area contributed by atoms with E-state index < -0.39 is 24.5 Å². The van der Waals surface area contributed by atoms with Crippen LogP contribution in [0.2, 0.25) is 0 Å². The summed E-state index contributed by atoms with van der Waals surface area (Å²) in [6, 6.07) is -0.929. The van der Waals surface area contributed by atoms with Crippen molar-refractivity contribution in [2.45, 2.75) is 31.7 Å². The first-order valence-corrected chi connectivity index (χ1v) is 5.93. The van der Waals surface area contributed by atoms with E-state index in [9.17, 15) is 9.59 Å². The Labute approximate surface area is 100 Å². The molecule has 3 unspecified atom stereocenters. The molecule has 0 heterocycles. The van der Waals surface area contributed by atoms with Crippen molar-refractivity contribution in [3.05, 3.63) is 0 Å². The Morgan fingerprint density at radius 2 is 2.00 bits per heavy atom. The number of carboxylic acids is 1. The minimum absolute atomic E-state index is 0.0314. The molecule has 3 atom stereocenters. The summed E-state index contributed by atoms with van der Waals surface area (Å²) in [7, 11) is 0.